The number of esters is 3. The van der Waals surface area contributed by atoms with Crippen LogP contribution in [0.5, 0.6) is 0 Å². The Bertz CT molecular complexity index is 372. The average Bonchev–Trinajstić information content (AvgIpc) is 2.39. The number of rotatable bonds is 4. The maximum absolute atomic E-state index is 11.9. The van der Waals surface area contributed by atoms with Crippen molar-refractivity contribution in [1.29, 1.82) is 0 Å². The van der Waals surface area contributed by atoms with E-state index in [0.29, 0.717) is 12.8 Å². The van der Waals surface area contributed by atoms with Gasteiger partial charge in [0.15, 0.2) is 0 Å². The summed E-state index contributed by atoms with van der Waals surface area (Å²) < 4.78 is 9.69. The molecular formula is C14H20O5. The predicted molar refractivity (Wildman–Crippen MR) is 68.0 cm³/mol. The van der Waals surface area contributed by atoms with Crippen LogP contribution in [0.1, 0.15) is 39.5 Å². The average molecular weight is 268 g/mol. The summed E-state index contributed by atoms with van der Waals surface area (Å²) in [5.41, 5.74) is 0. The first-order chi connectivity index (χ1) is 9.10. The fourth-order valence-electron chi connectivity index (χ4n) is 2.29. The Hall–Kier alpha value is -1.65. The molecule has 1 saturated carbocycles. The van der Waals surface area contributed by atoms with Crippen LogP contribution in [-0.4, -0.2) is 24.5 Å². The molecule has 5 heteroatoms. The highest BCUT2D eigenvalue weighted by Gasteiger charge is 2.38. The minimum Gasteiger partial charge on any atom is -0.466 e. The molecule has 19 heavy (non-hydrogen) atoms. The molecule has 0 saturated heterocycles. The molecule has 0 aromatic carbocycles. The van der Waals surface area contributed by atoms with Crippen LogP contribution in [0.25, 0.3) is 0 Å². The molecule has 0 bridgehead atoms. The molecule has 2 unspecified atom stereocenters. The Labute approximate surface area is 112 Å². The number of carbonyl (C=O) groups excluding carboxylic acids is 3. The molecule has 0 aromatic rings. The van der Waals surface area contributed by atoms with E-state index >= 15 is 0 Å². The van der Waals surface area contributed by atoms with Gasteiger partial charge in [-0.3, -0.25) is 9.59 Å². The summed E-state index contributed by atoms with van der Waals surface area (Å²) in [7, 11) is 0. The first kappa shape index (κ1) is 15.4. The Kier molecular flexibility index (Phi) is 6.25. The van der Waals surface area contributed by atoms with Crippen molar-refractivity contribution in [2.24, 2.45) is 11.8 Å². The lowest BCUT2D eigenvalue weighted by molar-refractivity contribution is -0.167. The molecule has 1 aliphatic rings. The summed E-state index contributed by atoms with van der Waals surface area (Å²) in [6, 6.07) is 0. The van der Waals surface area contributed by atoms with Crippen molar-refractivity contribution in [2.45, 2.75) is 39.5 Å². The van der Waals surface area contributed by atoms with Crippen LogP contribution in [0.4, 0.5) is 0 Å². The molecule has 2 atom stereocenters. The SMILES string of the molecule is CC=CC(=O)OC(=O)C1CCCCC1C(=O)OCC. The highest BCUT2D eigenvalue weighted by molar-refractivity contribution is 5.94. The summed E-state index contributed by atoms with van der Waals surface area (Å²) in [6.07, 6.45) is 5.59. The van der Waals surface area contributed by atoms with E-state index in [1.807, 2.05) is 0 Å². The maximum atomic E-state index is 11.9. The largest absolute Gasteiger partial charge is 0.466 e. The van der Waals surface area contributed by atoms with Crippen molar-refractivity contribution >= 4 is 17.9 Å². The topological polar surface area (TPSA) is 69.7 Å². The number of allylic oxidation sites excluding steroid dienone is 1. The lowest BCUT2D eigenvalue weighted by Crippen LogP contribution is -2.35. The standard InChI is InChI=1S/C14H20O5/c1-3-7-12(15)19-14(17)11-9-6-5-8-10(11)13(16)18-4-2/h3,7,10-11H,4-6,8-9H2,1-2H3. The highest BCUT2D eigenvalue weighted by Crippen LogP contribution is 2.32. The molecule has 5 nitrogen and oxygen atoms in total. The summed E-state index contributed by atoms with van der Waals surface area (Å²) >= 11 is 0. The van der Waals surface area contributed by atoms with Gasteiger partial charge in [0, 0.05) is 6.08 Å². The first-order valence-corrected chi connectivity index (χ1v) is 6.65. The van der Waals surface area contributed by atoms with Gasteiger partial charge >= 0.3 is 17.9 Å². The van der Waals surface area contributed by atoms with Crippen LogP contribution < -0.4 is 0 Å². The molecule has 0 N–H and O–H groups in total. The van der Waals surface area contributed by atoms with Crippen LogP contribution in [-0.2, 0) is 23.9 Å². The quantitative estimate of drug-likeness (QED) is 0.443. The maximum Gasteiger partial charge on any atom is 0.338 e. The van der Waals surface area contributed by atoms with E-state index in [2.05, 4.69) is 0 Å². The van der Waals surface area contributed by atoms with E-state index in [9.17, 15) is 14.4 Å². The first-order valence-electron chi connectivity index (χ1n) is 6.65. The van der Waals surface area contributed by atoms with Gasteiger partial charge < -0.3 is 9.47 Å². The molecule has 1 rings (SSSR count). The van der Waals surface area contributed by atoms with Crippen molar-refractivity contribution in [3.05, 3.63) is 12.2 Å². The van der Waals surface area contributed by atoms with E-state index in [1.165, 1.54) is 12.2 Å². The molecule has 106 valence electrons. The second-order valence-electron chi connectivity index (χ2n) is 4.49. The molecule has 0 spiro atoms. The van der Waals surface area contributed by atoms with Crippen LogP contribution in [0.15, 0.2) is 12.2 Å². The Morgan fingerprint density at radius 2 is 1.68 bits per heavy atom. The minimum atomic E-state index is -0.694. The molecule has 1 aliphatic carbocycles. The van der Waals surface area contributed by atoms with E-state index in [-0.39, 0.29) is 12.6 Å². The number of hydrogen-bond donors (Lipinski definition) is 0. The Morgan fingerprint density at radius 1 is 1.11 bits per heavy atom. The van der Waals surface area contributed by atoms with Gasteiger partial charge in [-0.2, -0.15) is 0 Å². The van der Waals surface area contributed by atoms with E-state index in [4.69, 9.17) is 9.47 Å². The molecular weight excluding hydrogens is 248 g/mol. The smallest absolute Gasteiger partial charge is 0.338 e. The summed E-state index contributed by atoms with van der Waals surface area (Å²) in [6.45, 7) is 3.67. The van der Waals surface area contributed by atoms with Gasteiger partial charge in [-0.05, 0) is 26.7 Å². The lowest BCUT2D eigenvalue weighted by Gasteiger charge is -2.27. The summed E-state index contributed by atoms with van der Waals surface area (Å²) in [4.78, 5) is 35.0. The molecule has 0 aliphatic heterocycles. The second-order valence-corrected chi connectivity index (χ2v) is 4.49. The van der Waals surface area contributed by atoms with E-state index in [1.54, 1.807) is 13.8 Å². The minimum absolute atomic E-state index is 0.286. The molecule has 0 aromatic heterocycles. The summed E-state index contributed by atoms with van der Waals surface area (Å²) in [5.74, 6) is -2.74. The van der Waals surface area contributed by atoms with E-state index < -0.39 is 23.8 Å². The van der Waals surface area contributed by atoms with Crippen LogP contribution in [0.2, 0.25) is 0 Å². The molecule has 1 fully saturated rings. The van der Waals surface area contributed by atoms with Gasteiger partial charge in [0.05, 0.1) is 18.4 Å². The van der Waals surface area contributed by atoms with Gasteiger partial charge in [0.1, 0.15) is 0 Å². The monoisotopic (exact) mass is 268 g/mol. The lowest BCUT2D eigenvalue weighted by atomic mass is 9.79. The van der Waals surface area contributed by atoms with Crippen LogP contribution in [0.3, 0.4) is 0 Å². The second kappa shape index (κ2) is 7.71. The normalized spacial score (nSPS) is 23.1. The van der Waals surface area contributed by atoms with Crippen molar-refractivity contribution in [3.8, 4) is 0 Å². The van der Waals surface area contributed by atoms with E-state index in [0.717, 1.165) is 12.8 Å². The van der Waals surface area contributed by atoms with Crippen molar-refractivity contribution in [3.63, 3.8) is 0 Å². The van der Waals surface area contributed by atoms with Crippen molar-refractivity contribution < 1.29 is 23.9 Å². The third-order valence-electron chi connectivity index (χ3n) is 3.16. The number of carbonyl (C=O) groups is 3. The van der Waals surface area contributed by atoms with Crippen molar-refractivity contribution in [1.82, 2.24) is 0 Å². The van der Waals surface area contributed by atoms with Gasteiger partial charge in [-0.1, -0.05) is 18.9 Å². The number of hydrogen-bond acceptors (Lipinski definition) is 5. The van der Waals surface area contributed by atoms with Gasteiger partial charge in [-0.15, -0.1) is 0 Å². The zero-order chi connectivity index (χ0) is 14.3. The zero-order valence-electron chi connectivity index (χ0n) is 11.4. The van der Waals surface area contributed by atoms with Gasteiger partial charge in [-0.25, -0.2) is 4.79 Å². The van der Waals surface area contributed by atoms with Crippen LogP contribution in [0, 0.1) is 11.8 Å². The third kappa shape index (κ3) is 4.50. The van der Waals surface area contributed by atoms with Gasteiger partial charge in [0.2, 0.25) is 0 Å². The summed E-state index contributed by atoms with van der Waals surface area (Å²) in [5, 5.41) is 0. The third-order valence-corrected chi connectivity index (χ3v) is 3.16. The fraction of sp³-hybridized carbons (Fsp3) is 0.643. The molecule has 0 radical (unpaired) electrons. The Morgan fingerprint density at radius 3 is 2.21 bits per heavy atom. The zero-order valence-corrected chi connectivity index (χ0v) is 11.4. The molecule has 0 heterocycles. The Balaban J connectivity index is 2.68. The predicted octanol–water partition coefficient (Wildman–Crippen LogP) is 2.00. The van der Waals surface area contributed by atoms with Crippen molar-refractivity contribution in [2.75, 3.05) is 6.61 Å². The number of ether oxygens (including phenoxy) is 2. The van der Waals surface area contributed by atoms with Crippen LogP contribution >= 0.6 is 0 Å². The molecule has 0 amide bonds. The fourth-order valence-corrected chi connectivity index (χ4v) is 2.29. The highest BCUT2D eigenvalue weighted by atomic mass is 16.6. The van der Waals surface area contributed by atoms with Gasteiger partial charge in [0.25, 0.3) is 0 Å².